The smallest absolute Gasteiger partial charge is 0.349 e. The summed E-state index contributed by atoms with van der Waals surface area (Å²) in [5, 5.41) is 0.682. The van der Waals surface area contributed by atoms with Crippen LogP contribution in [0.2, 0.25) is 0 Å². The molecular weight excluding hydrogens is 284 g/mol. The zero-order valence-electron chi connectivity index (χ0n) is 12.7. The molecule has 1 aromatic heterocycles. The SMILES string of the molecule is COc1cccc2cc(C(=O)N3CC[NH+](C)CC3)c(=O)oc12. The van der Waals surface area contributed by atoms with E-state index in [1.54, 1.807) is 29.2 Å². The summed E-state index contributed by atoms with van der Waals surface area (Å²) in [5.41, 5.74) is -0.164. The van der Waals surface area contributed by atoms with Crippen molar-refractivity contribution in [3.63, 3.8) is 0 Å². The first kappa shape index (κ1) is 14.6. The van der Waals surface area contributed by atoms with E-state index in [0.29, 0.717) is 29.8 Å². The van der Waals surface area contributed by atoms with E-state index >= 15 is 0 Å². The maximum absolute atomic E-state index is 12.6. The third-order valence-corrected chi connectivity index (χ3v) is 4.08. The Balaban J connectivity index is 1.99. The number of benzene rings is 1. The van der Waals surface area contributed by atoms with E-state index in [-0.39, 0.29) is 11.5 Å². The first-order chi connectivity index (χ1) is 10.6. The summed E-state index contributed by atoms with van der Waals surface area (Å²) in [6.07, 6.45) is 0. The number of carbonyl (C=O) groups excluding carboxylic acids is 1. The maximum Gasteiger partial charge on any atom is 0.349 e. The van der Waals surface area contributed by atoms with E-state index in [9.17, 15) is 9.59 Å². The zero-order chi connectivity index (χ0) is 15.7. The van der Waals surface area contributed by atoms with E-state index in [4.69, 9.17) is 9.15 Å². The molecule has 1 aromatic carbocycles. The monoisotopic (exact) mass is 303 g/mol. The summed E-state index contributed by atoms with van der Waals surface area (Å²) < 4.78 is 10.5. The molecule has 0 saturated carbocycles. The second-order valence-corrected chi connectivity index (χ2v) is 5.58. The van der Waals surface area contributed by atoms with Gasteiger partial charge in [-0.2, -0.15) is 0 Å². The molecule has 0 spiro atoms. The molecule has 1 saturated heterocycles. The molecular formula is C16H19N2O4+. The van der Waals surface area contributed by atoms with E-state index in [2.05, 4.69) is 7.05 Å². The van der Waals surface area contributed by atoms with Crippen LogP contribution in [0.3, 0.4) is 0 Å². The van der Waals surface area contributed by atoms with Gasteiger partial charge in [0.05, 0.1) is 40.3 Å². The van der Waals surface area contributed by atoms with Crippen LogP contribution in [0.15, 0.2) is 33.5 Å². The number of para-hydroxylation sites is 1. The van der Waals surface area contributed by atoms with Crippen LogP contribution in [-0.4, -0.2) is 51.1 Å². The van der Waals surface area contributed by atoms with Gasteiger partial charge in [0.15, 0.2) is 11.3 Å². The number of likely N-dealkylation sites (N-methyl/N-ethyl adjacent to an activating group) is 1. The lowest BCUT2D eigenvalue weighted by molar-refractivity contribution is -0.883. The molecule has 1 aliphatic rings. The van der Waals surface area contributed by atoms with Crippen molar-refractivity contribution in [3.8, 4) is 5.75 Å². The number of rotatable bonds is 2. The molecule has 3 rings (SSSR count). The Hall–Kier alpha value is -2.34. The summed E-state index contributed by atoms with van der Waals surface area (Å²) in [6.45, 7) is 3.08. The second-order valence-electron chi connectivity index (χ2n) is 5.58. The number of nitrogens with zero attached hydrogens (tertiary/aromatic N) is 1. The molecule has 1 amide bonds. The molecule has 6 nitrogen and oxygen atoms in total. The largest absolute Gasteiger partial charge is 0.493 e. The molecule has 2 heterocycles. The van der Waals surface area contributed by atoms with E-state index in [0.717, 1.165) is 13.1 Å². The van der Waals surface area contributed by atoms with E-state index in [1.807, 2.05) is 0 Å². The van der Waals surface area contributed by atoms with Gasteiger partial charge >= 0.3 is 5.63 Å². The van der Waals surface area contributed by atoms with Crippen LogP contribution in [0.5, 0.6) is 5.75 Å². The number of quaternary nitrogens is 1. The van der Waals surface area contributed by atoms with Gasteiger partial charge in [0.2, 0.25) is 0 Å². The number of piperazine rings is 1. The van der Waals surface area contributed by atoms with Crippen LogP contribution in [0.4, 0.5) is 0 Å². The van der Waals surface area contributed by atoms with Crippen LogP contribution in [0.25, 0.3) is 11.0 Å². The Labute approximate surface area is 127 Å². The number of fused-ring (bicyclic) bond motifs is 1. The molecule has 1 N–H and O–H groups in total. The number of hydrogen-bond acceptors (Lipinski definition) is 4. The average Bonchev–Trinajstić information content (AvgIpc) is 2.53. The quantitative estimate of drug-likeness (QED) is 0.779. The number of nitrogens with one attached hydrogen (secondary N) is 1. The van der Waals surface area contributed by atoms with Crippen molar-refractivity contribution in [2.45, 2.75) is 0 Å². The van der Waals surface area contributed by atoms with Gasteiger partial charge < -0.3 is 19.0 Å². The molecule has 0 unspecified atom stereocenters. The van der Waals surface area contributed by atoms with Crippen LogP contribution in [-0.2, 0) is 0 Å². The highest BCUT2D eigenvalue weighted by atomic mass is 16.5. The fraction of sp³-hybridized carbons (Fsp3) is 0.375. The molecule has 22 heavy (non-hydrogen) atoms. The second kappa shape index (κ2) is 5.81. The Morgan fingerprint density at radius 1 is 1.32 bits per heavy atom. The highest BCUT2D eigenvalue weighted by Crippen LogP contribution is 2.24. The minimum absolute atomic E-state index is 0.0836. The molecule has 1 fully saturated rings. The van der Waals surface area contributed by atoms with Gasteiger partial charge in [-0.15, -0.1) is 0 Å². The van der Waals surface area contributed by atoms with Crippen LogP contribution in [0.1, 0.15) is 10.4 Å². The summed E-state index contributed by atoms with van der Waals surface area (Å²) in [7, 11) is 3.61. The van der Waals surface area contributed by atoms with E-state index in [1.165, 1.54) is 12.0 Å². The number of ether oxygens (including phenoxy) is 1. The van der Waals surface area contributed by atoms with Crippen LogP contribution >= 0.6 is 0 Å². The fourth-order valence-electron chi connectivity index (χ4n) is 2.69. The number of amides is 1. The molecule has 0 radical (unpaired) electrons. The number of carbonyl (C=O) groups is 1. The number of methoxy groups -OCH3 is 1. The average molecular weight is 303 g/mol. The zero-order valence-corrected chi connectivity index (χ0v) is 12.7. The van der Waals surface area contributed by atoms with Crippen molar-refractivity contribution in [2.24, 2.45) is 0 Å². The highest BCUT2D eigenvalue weighted by Gasteiger charge is 2.25. The predicted molar refractivity (Wildman–Crippen MR) is 81.6 cm³/mol. The van der Waals surface area contributed by atoms with Gasteiger partial charge in [-0.05, 0) is 12.1 Å². The first-order valence-corrected chi connectivity index (χ1v) is 7.31. The molecule has 116 valence electrons. The normalized spacial score (nSPS) is 16.0. The lowest BCUT2D eigenvalue weighted by Gasteiger charge is -2.29. The van der Waals surface area contributed by atoms with Gasteiger partial charge in [-0.3, -0.25) is 4.79 Å². The summed E-state index contributed by atoms with van der Waals surface area (Å²) in [4.78, 5) is 27.8. The van der Waals surface area contributed by atoms with Crippen LogP contribution in [0, 0.1) is 0 Å². The standard InChI is InChI=1S/C16H18N2O4/c1-17-6-8-18(9-7-17)15(19)12-10-11-4-3-5-13(21-2)14(11)22-16(12)20/h3-5,10H,6-9H2,1-2H3/p+1. The van der Waals surface area contributed by atoms with E-state index < -0.39 is 5.63 Å². The molecule has 0 atom stereocenters. The van der Waals surface area contributed by atoms with Gasteiger partial charge in [0.1, 0.15) is 5.56 Å². The highest BCUT2D eigenvalue weighted by molar-refractivity contribution is 5.97. The third-order valence-electron chi connectivity index (χ3n) is 4.08. The fourth-order valence-corrected chi connectivity index (χ4v) is 2.69. The molecule has 1 aliphatic heterocycles. The lowest BCUT2D eigenvalue weighted by atomic mass is 10.1. The molecule has 0 bridgehead atoms. The minimum Gasteiger partial charge on any atom is -0.493 e. The number of hydrogen-bond donors (Lipinski definition) is 1. The molecule has 6 heteroatoms. The molecule has 0 aliphatic carbocycles. The van der Waals surface area contributed by atoms with Crippen LogP contribution < -0.4 is 15.3 Å². The summed E-state index contributed by atoms with van der Waals surface area (Å²) in [6, 6.07) is 6.91. The topological polar surface area (TPSA) is 64.2 Å². The van der Waals surface area contributed by atoms with Gasteiger partial charge in [-0.1, -0.05) is 12.1 Å². The lowest BCUT2D eigenvalue weighted by Crippen LogP contribution is -3.12. The maximum atomic E-state index is 12.6. The Bertz CT molecular complexity index is 760. The van der Waals surface area contributed by atoms with Gasteiger partial charge in [0, 0.05) is 5.39 Å². The van der Waals surface area contributed by atoms with Crippen molar-refractivity contribution in [3.05, 3.63) is 40.2 Å². The van der Waals surface area contributed by atoms with Crippen molar-refractivity contribution < 1.29 is 18.8 Å². The summed E-state index contributed by atoms with van der Waals surface area (Å²) in [5.74, 6) is 0.225. The Morgan fingerprint density at radius 2 is 2.05 bits per heavy atom. The van der Waals surface area contributed by atoms with Gasteiger partial charge in [0.25, 0.3) is 5.91 Å². The minimum atomic E-state index is -0.617. The Morgan fingerprint density at radius 3 is 2.73 bits per heavy atom. The predicted octanol–water partition coefficient (Wildman–Crippen LogP) is -0.228. The summed E-state index contributed by atoms with van der Waals surface area (Å²) >= 11 is 0. The third kappa shape index (κ3) is 2.57. The van der Waals surface area contributed by atoms with Crippen molar-refractivity contribution in [1.82, 2.24) is 4.90 Å². The van der Waals surface area contributed by atoms with Crippen molar-refractivity contribution in [1.29, 1.82) is 0 Å². The first-order valence-electron chi connectivity index (χ1n) is 7.31. The van der Waals surface area contributed by atoms with Gasteiger partial charge in [-0.25, -0.2) is 4.79 Å². The molecule has 2 aromatic rings. The Kier molecular flexibility index (Phi) is 3.85. The van der Waals surface area contributed by atoms with Crippen molar-refractivity contribution in [2.75, 3.05) is 40.3 Å². The van der Waals surface area contributed by atoms with Crippen molar-refractivity contribution >= 4 is 16.9 Å².